The van der Waals surface area contributed by atoms with E-state index >= 15 is 0 Å². The molecule has 0 saturated carbocycles. The van der Waals surface area contributed by atoms with Crippen LogP contribution in [0.3, 0.4) is 0 Å². The van der Waals surface area contributed by atoms with Crippen LogP contribution in [0.4, 0.5) is 0 Å². The largest absolute Gasteiger partial charge is 0.378 e. The zero-order valence-corrected chi connectivity index (χ0v) is 15.1. The number of imidazole rings is 1. The predicted molar refractivity (Wildman–Crippen MR) is 97.4 cm³/mol. The van der Waals surface area contributed by atoms with Gasteiger partial charge in [0, 0.05) is 50.5 Å². The average molecular weight is 355 g/mol. The van der Waals surface area contributed by atoms with Gasteiger partial charge in [-0.05, 0) is 49.9 Å². The fourth-order valence-electron chi connectivity index (χ4n) is 4.16. The number of piperidine rings is 1. The molecule has 2 aliphatic rings. The second kappa shape index (κ2) is 7.21. The van der Waals surface area contributed by atoms with Crippen molar-refractivity contribution in [1.82, 2.24) is 14.5 Å². The number of amides is 1. The van der Waals surface area contributed by atoms with Gasteiger partial charge in [0.1, 0.15) is 0 Å². The molecule has 0 bridgehead atoms. The molecule has 0 radical (unpaired) electrons. The molecule has 1 aromatic heterocycles. The summed E-state index contributed by atoms with van der Waals surface area (Å²) in [5, 5.41) is 0. The third-order valence-corrected chi connectivity index (χ3v) is 5.69. The Hall–Kier alpha value is -2.18. The van der Waals surface area contributed by atoms with Crippen molar-refractivity contribution < 1.29 is 14.3 Å². The first kappa shape index (κ1) is 17.2. The minimum absolute atomic E-state index is 0.0850. The van der Waals surface area contributed by atoms with Crippen LogP contribution in [0.15, 0.2) is 43.0 Å². The first-order valence-electron chi connectivity index (χ1n) is 9.26. The van der Waals surface area contributed by atoms with Gasteiger partial charge >= 0.3 is 0 Å². The molecule has 0 aliphatic carbocycles. The van der Waals surface area contributed by atoms with Crippen LogP contribution in [-0.4, -0.2) is 58.9 Å². The molecule has 6 heteroatoms. The molecule has 1 spiro atoms. The van der Waals surface area contributed by atoms with Gasteiger partial charge in [0.15, 0.2) is 0 Å². The summed E-state index contributed by atoms with van der Waals surface area (Å²) in [6, 6.07) is 7.67. The second-order valence-electron chi connectivity index (χ2n) is 7.09. The average Bonchev–Trinajstić information content (AvgIpc) is 3.23. The normalized spacial score (nSPS) is 22.5. The lowest BCUT2D eigenvalue weighted by Gasteiger charge is -2.48. The number of carbonyl (C=O) groups excluding carboxylic acids is 1. The molecule has 2 aliphatic heterocycles. The highest BCUT2D eigenvalue weighted by molar-refractivity contribution is 5.94. The summed E-state index contributed by atoms with van der Waals surface area (Å²) in [6.45, 7) is 2.22. The van der Waals surface area contributed by atoms with Gasteiger partial charge in [0.2, 0.25) is 0 Å². The van der Waals surface area contributed by atoms with E-state index in [9.17, 15) is 4.79 Å². The fourth-order valence-corrected chi connectivity index (χ4v) is 4.16. The van der Waals surface area contributed by atoms with Crippen molar-refractivity contribution in [1.29, 1.82) is 0 Å². The number of nitrogens with zero attached hydrogens (tertiary/aromatic N) is 3. The van der Waals surface area contributed by atoms with Crippen LogP contribution < -0.4 is 0 Å². The van der Waals surface area contributed by atoms with Crippen molar-refractivity contribution in [2.24, 2.45) is 0 Å². The van der Waals surface area contributed by atoms with Crippen molar-refractivity contribution in [3.63, 3.8) is 0 Å². The van der Waals surface area contributed by atoms with E-state index < -0.39 is 0 Å². The lowest BCUT2D eigenvalue weighted by molar-refractivity contribution is -0.183. The van der Waals surface area contributed by atoms with Crippen LogP contribution in [0.2, 0.25) is 0 Å². The van der Waals surface area contributed by atoms with Crippen molar-refractivity contribution >= 4 is 5.91 Å². The fraction of sp³-hybridized carbons (Fsp3) is 0.500. The number of methoxy groups -OCH3 is 1. The first-order chi connectivity index (χ1) is 12.7. The smallest absolute Gasteiger partial charge is 0.253 e. The van der Waals surface area contributed by atoms with E-state index in [2.05, 4.69) is 4.98 Å². The number of carbonyl (C=O) groups is 1. The zero-order valence-electron chi connectivity index (χ0n) is 15.1. The number of aromatic nitrogens is 2. The molecule has 2 saturated heterocycles. The summed E-state index contributed by atoms with van der Waals surface area (Å²) in [6.07, 6.45) is 9.28. The van der Waals surface area contributed by atoms with Gasteiger partial charge in [-0.15, -0.1) is 0 Å². The van der Waals surface area contributed by atoms with Gasteiger partial charge in [-0.3, -0.25) is 4.79 Å². The van der Waals surface area contributed by atoms with Gasteiger partial charge in [0.05, 0.1) is 18.0 Å². The second-order valence-corrected chi connectivity index (χ2v) is 7.09. The van der Waals surface area contributed by atoms with Crippen molar-refractivity contribution in [3.8, 4) is 5.69 Å². The third kappa shape index (κ3) is 3.15. The Morgan fingerprint density at radius 2 is 2.04 bits per heavy atom. The molecule has 2 fully saturated rings. The van der Waals surface area contributed by atoms with Crippen molar-refractivity contribution in [2.45, 2.75) is 37.4 Å². The van der Waals surface area contributed by atoms with E-state index in [1.807, 2.05) is 39.9 Å². The van der Waals surface area contributed by atoms with E-state index in [1.54, 1.807) is 19.6 Å². The number of ether oxygens (including phenoxy) is 2. The molecular formula is C20H25N3O3. The molecule has 4 rings (SSSR count). The summed E-state index contributed by atoms with van der Waals surface area (Å²) in [4.78, 5) is 18.8. The van der Waals surface area contributed by atoms with Gasteiger partial charge in [-0.2, -0.15) is 0 Å². The SMILES string of the molecule is CO[C@H]1CCCOC12CCN(C(=O)c1ccc(-n3ccnc3)cc1)CC2. The maximum Gasteiger partial charge on any atom is 0.253 e. The van der Waals surface area contributed by atoms with Gasteiger partial charge in [-0.1, -0.05) is 0 Å². The summed E-state index contributed by atoms with van der Waals surface area (Å²) >= 11 is 0. The van der Waals surface area contributed by atoms with E-state index in [0.717, 1.165) is 43.5 Å². The van der Waals surface area contributed by atoms with Crippen molar-refractivity contribution in [3.05, 3.63) is 48.5 Å². The Bertz CT molecular complexity index is 734. The summed E-state index contributed by atoms with van der Waals surface area (Å²) < 4.78 is 13.7. The highest BCUT2D eigenvalue weighted by atomic mass is 16.5. The van der Waals surface area contributed by atoms with Crippen molar-refractivity contribution in [2.75, 3.05) is 26.8 Å². The standard InChI is InChI=1S/C20H25N3O3/c1-25-18-3-2-14-26-20(18)8-11-22(12-9-20)19(24)16-4-6-17(7-5-16)23-13-10-21-15-23/h4-7,10,13,15,18H,2-3,8-9,11-12,14H2,1H3/t18-/m0/s1. The number of likely N-dealkylation sites (tertiary alicyclic amines) is 1. The molecule has 138 valence electrons. The van der Waals surface area contributed by atoms with Crippen LogP contribution in [0.25, 0.3) is 5.69 Å². The molecule has 26 heavy (non-hydrogen) atoms. The highest BCUT2D eigenvalue weighted by Crippen LogP contribution is 2.37. The maximum atomic E-state index is 12.9. The molecule has 1 amide bonds. The van der Waals surface area contributed by atoms with Gasteiger partial charge in [0.25, 0.3) is 5.91 Å². The van der Waals surface area contributed by atoms with E-state index in [1.165, 1.54) is 0 Å². The molecule has 0 unspecified atom stereocenters. The monoisotopic (exact) mass is 355 g/mol. The predicted octanol–water partition coefficient (Wildman–Crippen LogP) is 2.67. The Morgan fingerprint density at radius 3 is 2.69 bits per heavy atom. The summed E-state index contributed by atoms with van der Waals surface area (Å²) in [5.74, 6) is 0.0850. The number of hydrogen-bond acceptors (Lipinski definition) is 4. The number of benzene rings is 1. The number of hydrogen-bond donors (Lipinski definition) is 0. The van der Waals surface area contributed by atoms with Gasteiger partial charge in [-0.25, -0.2) is 4.98 Å². The lowest BCUT2D eigenvalue weighted by atomic mass is 9.81. The molecule has 0 N–H and O–H groups in total. The minimum Gasteiger partial charge on any atom is -0.378 e. The summed E-state index contributed by atoms with van der Waals surface area (Å²) in [7, 11) is 1.76. The van der Waals surface area contributed by atoms with Gasteiger partial charge < -0.3 is 18.9 Å². The minimum atomic E-state index is -0.213. The Labute approximate surface area is 153 Å². The van der Waals surface area contributed by atoms with E-state index in [4.69, 9.17) is 9.47 Å². The highest BCUT2D eigenvalue weighted by Gasteiger charge is 2.45. The molecule has 1 atom stereocenters. The number of rotatable bonds is 3. The molecule has 6 nitrogen and oxygen atoms in total. The maximum absolute atomic E-state index is 12.9. The Kier molecular flexibility index (Phi) is 4.78. The van der Waals surface area contributed by atoms with E-state index in [0.29, 0.717) is 13.1 Å². The third-order valence-electron chi connectivity index (χ3n) is 5.69. The molecule has 3 heterocycles. The van der Waals surface area contributed by atoms with Crippen LogP contribution in [0.5, 0.6) is 0 Å². The van der Waals surface area contributed by atoms with Crippen LogP contribution >= 0.6 is 0 Å². The van der Waals surface area contributed by atoms with Crippen LogP contribution in [0.1, 0.15) is 36.0 Å². The Balaban J connectivity index is 1.42. The zero-order chi connectivity index (χ0) is 18.0. The quantitative estimate of drug-likeness (QED) is 0.849. The summed E-state index contributed by atoms with van der Waals surface area (Å²) in [5.41, 5.74) is 1.50. The lowest BCUT2D eigenvalue weighted by Crippen LogP contribution is -2.56. The van der Waals surface area contributed by atoms with Crippen LogP contribution in [0, 0.1) is 0 Å². The Morgan fingerprint density at radius 1 is 1.27 bits per heavy atom. The van der Waals surface area contributed by atoms with Crippen LogP contribution in [-0.2, 0) is 9.47 Å². The molecular weight excluding hydrogens is 330 g/mol. The molecule has 2 aromatic rings. The first-order valence-corrected chi connectivity index (χ1v) is 9.26. The van der Waals surface area contributed by atoms with E-state index in [-0.39, 0.29) is 17.6 Å². The topological polar surface area (TPSA) is 56.6 Å². The molecule has 1 aromatic carbocycles.